The molecule has 128 valence electrons. The number of aromatic amines is 1. The molecule has 3 aromatic heterocycles. The number of primary amides is 1. The van der Waals surface area contributed by atoms with Gasteiger partial charge in [0.2, 0.25) is 0 Å². The minimum atomic E-state index is -0.643. The van der Waals surface area contributed by atoms with Gasteiger partial charge in [0.05, 0.1) is 11.2 Å². The van der Waals surface area contributed by atoms with E-state index in [2.05, 4.69) is 25.6 Å². The topological polar surface area (TPSA) is 132 Å². The third-order valence-corrected chi connectivity index (χ3v) is 3.80. The second-order valence-electron chi connectivity index (χ2n) is 5.50. The van der Waals surface area contributed by atoms with Crippen LogP contribution in [0.25, 0.3) is 16.6 Å². The van der Waals surface area contributed by atoms with Gasteiger partial charge in [-0.15, -0.1) is 0 Å². The lowest BCUT2D eigenvalue weighted by atomic mass is 10.2. The molecule has 4 N–H and O–H groups in total. The van der Waals surface area contributed by atoms with Gasteiger partial charge in [-0.25, -0.2) is 4.68 Å². The summed E-state index contributed by atoms with van der Waals surface area (Å²) in [6.07, 6.45) is 4.98. The van der Waals surface area contributed by atoms with Gasteiger partial charge in [0.1, 0.15) is 0 Å². The molecule has 2 amide bonds. The number of hydrogen-bond donors (Lipinski definition) is 3. The molecule has 1 aromatic carbocycles. The molecular weight excluding hydrogens is 334 g/mol. The lowest BCUT2D eigenvalue weighted by Gasteiger charge is -2.04. The lowest BCUT2D eigenvalue weighted by molar-refractivity contribution is 0.0994. The van der Waals surface area contributed by atoms with Gasteiger partial charge in [-0.3, -0.25) is 19.7 Å². The Morgan fingerprint density at radius 2 is 1.92 bits per heavy atom. The number of nitrogens with one attached hydrogen (secondary N) is 2. The van der Waals surface area contributed by atoms with Gasteiger partial charge in [-0.1, -0.05) is 0 Å². The molecule has 3 heterocycles. The number of H-pyrrole nitrogens is 1. The van der Waals surface area contributed by atoms with Crippen LogP contribution in [-0.4, -0.2) is 36.8 Å². The summed E-state index contributed by atoms with van der Waals surface area (Å²) in [5.74, 6) is -1.02. The Labute approximate surface area is 146 Å². The number of aromatic nitrogens is 5. The van der Waals surface area contributed by atoms with E-state index in [9.17, 15) is 9.59 Å². The van der Waals surface area contributed by atoms with Crippen LogP contribution in [0.1, 0.15) is 21.0 Å². The van der Waals surface area contributed by atoms with Crippen LogP contribution >= 0.6 is 0 Å². The highest BCUT2D eigenvalue weighted by Gasteiger charge is 2.14. The average Bonchev–Trinajstić information content (AvgIpc) is 3.29. The Bertz CT molecular complexity index is 1110. The number of amides is 2. The van der Waals surface area contributed by atoms with Gasteiger partial charge in [-0.05, 0) is 36.4 Å². The standard InChI is InChI=1S/C17H13N7O2/c18-16(25)15-12-9-10(1-2-13(12)21-22-15)20-17(26)14-5-8-24(23-14)11-3-6-19-7-4-11/h1-9H,(H2,18,25)(H,20,26)(H,21,22). The number of hydrogen-bond acceptors (Lipinski definition) is 5. The molecule has 0 aliphatic rings. The molecule has 0 unspecified atom stereocenters. The van der Waals surface area contributed by atoms with E-state index in [1.54, 1.807) is 59.7 Å². The lowest BCUT2D eigenvalue weighted by Crippen LogP contribution is -2.14. The van der Waals surface area contributed by atoms with Crippen molar-refractivity contribution in [1.29, 1.82) is 0 Å². The van der Waals surface area contributed by atoms with Crippen LogP contribution in [0.15, 0.2) is 55.0 Å². The monoisotopic (exact) mass is 347 g/mol. The molecule has 0 saturated carbocycles. The van der Waals surface area contributed by atoms with E-state index in [1.807, 2.05) is 0 Å². The van der Waals surface area contributed by atoms with Crippen molar-refractivity contribution >= 4 is 28.4 Å². The highest BCUT2D eigenvalue weighted by atomic mass is 16.2. The summed E-state index contributed by atoms with van der Waals surface area (Å²) in [5.41, 5.74) is 7.63. The average molecular weight is 347 g/mol. The zero-order valence-electron chi connectivity index (χ0n) is 13.4. The van der Waals surface area contributed by atoms with Crippen LogP contribution in [0, 0.1) is 0 Å². The highest BCUT2D eigenvalue weighted by molar-refractivity contribution is 6.07. The first-order chi connectivity index (χ1) is 12.6. The maximum absolute atomic E-state index is 12.4. The second-order valence-corrected chi connectivity index (χ2v) is 5.50. The molecule has 0 saturated heterocycles. The number of rotatable bonds is 4. The number of fused-ring (bicyclic) bond motifs is 1. The van der Waals surface area contributed by atoms with Crippen LogP contribution in [0.2, 0.25) is 0 Å². The smallest absolute Gasteiger partial charge is 0.276 e. The molecule has 9 nitrogen and oxygen atoms in total. The third kappa shape index (κ3) is 2.77. The van der Waals surface area contributed by atoms with Crippen molar-refractivity contribution in [2.45, 2.75) is 0 Å². The molecule has 0 spiro atoms. The SMILES string of the molecule is NC(=O)c1n[nH]c2ccc(NC(=O)c3ccn(-c4ccncc4)n3)cc12. The Kier molecular flexibility index (Phi) is 3.66. The fourth-order valence-electron chi connectivity index (χ4n) is 2.56. The van der Waals surface area contributed by atoms with Gasteiger partial charge in [-0.2, -0.15) is 10.2 Å². The fourth-order valence-corrected chi connectivity index (χ4v) is 2.56. The molecule has 4 rings (SSSR count). The molecule has 0 atom stereocenters. The summed E-state index contributed by atoms with van der Waals surface area (Å²) < 4.78 is 1.58. The van der Waals surface area contributed by atoms with Crippen molar-refractivity contribution in [3.8, 4) is 5.69 Å². The van der Waals surface area contributed by atoms with Crippen molar-refractivity contribution < 1.29 is 9.59 Å². The number of anilines is 1. The van der Waals surface area contributed by atoms with Gasteiger partial charge in [0, 0.05) is 29.7 Å². The molecule has 9 heteroatoms. The Morgan fingerprint density at radius 1 is 1.12 bits per heavy atom. The summed E-state index contributed by atoms with van der Waals surface area (Å²) in [5, 5.41) is 14.1. The van der Waals surface area contributed by atoms with Crippen LogP contribution in [-0.2, 0) is 0 Å². The quantitative estimate of drug-likeness (QED) is 0.515. The number of pyridine rings is 1. The minimum Gasteiger partial charge on any atom is -0.364 e. The van der Waals surface area contributed by atoms with Crippen LogP contribution < -0.4 is 11.1 Å². The summed E-state index contributed by atoms with van der Waals surface area (Å²) in [6.45, 7) is 0. The van der Waals surface area contributed by atoms with Gasteiger partial charge in [0.15, 0.2) is 11.4 Å². The molecule has 0 aliphatic carbocycles. The van der Waals surface area contributed by atoms with Gasteiger partial charge < -0.3 is 11.1 Å². The van der Waals surface area contributed by atoms with E-state index in [0.29, 0.717) is 16.6 Å². The number of carbonyl (C=O) groups excluding carboxylic acids is 2. The van der Waals surface area contributed by atoms with E-state index in [-0.39, 0.29) is 17.3 Å². The summed E-state index contributed by atoms with van der Waals surface area (Å²) >= 11 is 0. The molecule has 4 aromatic rings. The number of benzene rings is 1. The van der Waals surface area contributed by atoms with E-state index < -0.39 is 5.91 Å². The predicted octanol–water partition coefficient (Wildman–Crippen LogP) is 1.49. The van der Waals surface area contributed by atoms with Gasteiger partial charge in [0.25, 0.3) is 11.8 Å². The summed E-state index contributed by atoms with van der Waals surface area (Å²) in [6, 6.07) is 10.2. The van der Waals surface area contributed by atoms with Crippen molar-refractivity contribution in [1.82, 2.24) is 25.0 Å². The summed E-state index contributed by atoms with van der Waals surface area (Å²) in [4.78, 5) is 27.8. The first kappa shape index (κ1) is 15.5. The Balaban J connectivity index is 1.58. The Morgan fingerprint density at radius 3 is 2.69 bits per heavy atom. The zero-order chi connectivity index (χ0) is 18.1. The Hall–Kier alpha value is -4.01. The molecule has 0 aliphatic heterocycles. The van der Waals surface area contributed by atoms with Crippen molar-refractivity contribution in [3.05, 3.63) is 66.4 Å². The number of nitrogens with zero attached hydrogens (tertiary/aromatic N) is 4. The van der Waals surface area contributed by atoms with Crippen molar-refractivity contribution in [2.24, 2.45) is 5.73 Å². The predicted molar refractivity (Wildman–Crippen MR) is 93.9 cm³/mol. The van der Waals surface area contributed by atoms with E-state index in [1.165, 1.54) is 0 Å². The number of nitrogens with two attached hydrogens (primary N) is 1. The normalized spacial score (nSPS) is 10.8. The fraction of sp³-hybridized carbons (Fsp3) is 0. The van der Waals surface area contributed by atoms with Crippen LogP contribution in [0.4, 0.5) is 5.69 Å². The molecule has 0 bridgehead atoms. The third-order valence-electron chi connectivity index (χ3n) is 3.80. The first-order valence-corrected chi connectivity index (χ1v) is 7.67. The van der Waals surface area contributed by atoms with E-state index in [0.717, 1.165) is 5.69 Å². The highest BCUT2D eigenvalue weighted by Crippen LogP contribution is 2.21. The first-order valence-electron chi connectivity index (χ1n) is 7.67. The largest absolute Gasteiger partial charge is 0.364 e. The summed E-state index contributed by atoms with van der Waals surface area (Å²) in [7, 11) is 0. The van der Waals surface area contributed by atoms with E-state index >= 15 is 0 Å². The molecule has 0 fully saturated rings. The van der Waals surface area contributed by atoms with Crippen LogP contribution in [0.5, 0.6) is 0 Å². The maximum Gasteiger partial charge on any atom is 0.276 e. The van der Waals surface area contributed by atoms with E-state index in [4.69, 9.17) is 5.73 Å². The zero-order valence-corrected chi connectivity index (χ0v) is 13.4. The van der Waals surface area contributed by atoms with Crippen LogP contribution in [0.3, 0.4) is 0 Å². The number of carbonyl (C=O) groups is 2. The molecular formula is C17H13N7O2. The van der Waals surface area contributed by atoms with Crippen molar-refractivity contribution in [3.63, 3.8) is 0 Å². The second kappa shape index (κ2) is 6.13. The molecule has 26 heavy (non-hydrogen) atoms. The maximum atomic E-state index is 12.4. The van der Waals surface area contributed by atoms with Crippen molar-refractivity contribution in [2.75, 3.05) is 5.32 Å². The minimum absolute atomic E-state index is 0.123. The molecule has 0 radical (unpaired) electrons. The van der Waals surface area contributed by atoms with Gasteiger partial charge >= 0.3 is 0 Å².